The fourth-order valence-electron chi connectivity index (χ4n) is 4.48. The monoisotopic (exact) mass is 702 g/mol. The number of halogens is 3. The lowest BCUT2D eigenvalue weighted by Gasteiger charge is -2.23. The molecule has 3 aromatic carbocycles. The van der Waals surface area contributed by atoms with E-state index in [0.29, 0.717) is 11.1 Å². The van der Waals surface area contributed by atoms with Crippen molar-refractivity contribution in [3.63, 3.8) is 0 Å². The van der Waals surface area contributed by atoms with Gasteiger partial charge >= 0.3 is 12.1 Å². The number of ether oxygens (including phenoxy) is 1. The molecule has 1 aromatic heterocycles. The molecule has 0 aliphatic heterocycles. The second-order valence-corrected chi connectivity index (χ2v) is 12.5. The van der Waals surface area contributed by atoms with Crippen LogP contribution in [0.3, 0.4) is 0 Å². The number of sulfonamides is 1. The van der Waals surface area contributed by atoms with Crippen molar-refractivity contribution in [2.45, 2.75) is 57.0 Å². The van der Waals surface area contributed by atoms with Crippen molar-refractivity contribution in [3.05, 3.63) is 107 Å². The highest BCUT2D eigenvalue weighted by Gasteiger charge is 2.36. The predicted octanol–water partition coefficient (Wildman–Crippen LogP) is 5.32. The van der Waals surface area contributed by atoms with Crippen LogP contribution in [0.15, 0.2) is 95.1 Å². The molecule has 1 N–H and O–H groups in total. The molecule has 0 bridgehead atoms. The maximum Gasteiger partial charge on any atom is 0.435 e. The third-order valence-corrected chi connectivity index (χ3v) is 8.48. The Hall–Kier alpha value is -5.45. The Kier molecular flexibility index (Phi) is 11.3. The Morgan fingerprint density at radius 1 is 1.06 bits per heavy atom. The maximum atomic E-state index is 13.6. The largest absolute Gasteiger partial charge is 0.569 e. The molecule has 1 amide bonds. The van der Waals surface area contributed by atoms with Gasteiger partial charge < -0.3 is 9.94 Å². The van der Waals surface area contributed by atoms with Crippen LogP contribution in [0.5, 0.6) is 0 Å². The number of aromatic nitrogens is 2. The molecule has 0 saturated heterocycles. The number of hydrogen-bond acceptors (Lipinski definition) is 9. The van der Waals surface area contributed by atoms with Crippen LogP contribution in [0.4, 0.5) is 13.2 Å². The van der Waals surface area contributed by atoms with Crippen molar-refractivity contribution in [3.8, 4) is 16.9 Å². The second-order valence-electron chi connectivity index (χ2n) is 10.8. The van der Waals surface area contributed by atoms with E-state index in [-0.39, 0.29) is 34.1 Å². The van der Waals surface area contributed by atoms with Gasteiger partial charge in [-0.05, 0) is 42.8 Å². The van der Waals surface area contributed by atoms with E-state index < -0.39 is 46.1 Å². The summed E-state index contributed by atoms with van der Waals surface area (Å²) in [6.07, 6.45) is -6.03. The highest BCUT2D eigenvalue weighted by atomic mass is 32.2. The van der Waals surface area contributed by atoms with Crippen LogP contribution in [0.1, 0.15) is 37.1 Å². The molecule has 4 aromatic rings. The first kappa shape index (κ1) is 36.4. The topological polar surface area (TPSA) is 158 Å². The quantitative estimate of drug-likeness (QED) is 0.0640. The van der Waals surface area contributed by atoms with Crippen molar-refractivity contribution < 1.29 is 45.7 Å². The molecular weight excluding hydrogens is 669 g/mol. The zero-order chi connectivity index (χ0) is 35.9. The number of likely N-dealkylation sites (N-methyl/N-ethyl adjacent to an activating group) is 1. The lowest BCUT2D eigenvalue weighted by Crippen LogP contribution is -2.50. The molecule has 13 nitrogen and oxygen atoms in total. The minimum Gasteiger partial charge on any atom is -0.569 e. The van der Waals surface area contributed by atoms with Gasteiger partial charge in [0, 0.05) is 25.3 Å². The third kappa shape index (κ3) is 9.34. The van der Waals surface area contributed by atoms with Gasteiger partial charge in [-0.15, -0.1) is 5.01 Å². The lowest BCUT2D eigenvalue weighted by molar-refractivity contribution is -0.712. The first-order chi connectivity index (χ1) is 23.1. The van der Waals surface area contributed by atoms with Gasteiger partial charge in [0.25, 0.3) is 22.2 Å². The molecule has 0 aliphatic carbocycles. The van der Waals surface area contributed by atoms with Gasteiger partial charge in [-0.1, -0.05) is 67.1 Å². The Morgan fingerprint density at radius 2 is 1.69 bits per heavy atom. The van der Waals surface area contributed by atoms with Gasteiger partial charge in [-0.3, -0.25) is 14.4 Å². The van der Waals surface area contributed by atoms with Crippen molar-refractivity contribution in [1.82, 2.24) is 19.5 Å². The van der Waals surface area contributed by atoms with Crippen molar-refractivity contribution in [2.24, 2.45) is 5.28 Å². The minimum absolute atomic E-state index is 0.0575. The Balaban J connectivity index is 1.59. The predicted molar refractivity (Wildman–Crippen MR) is 169 cm³/mol. The summed E-state index contributed by atoms with van der Waals surface area (Å²) < 4.78 is 75.4. The molecule has 0 saturated carbocycles. The van der Waals surface area contributed by atoms with E-state index in [0.717, 1.165) is 33.5 Å². The Labute approximate surface area is 280 Å². The van der Waals surface area contributed by atoms with E-state index in [4.69, 9.17) is 9.57 Å². The van der Waals surface area contributed by atoms with Crippen LogP contribution in [0.2, 0.25) is 0 Å². The number of carbonyl (C=O) groups is 2. The second kappa shape index (κ2) is 15.2. The van der Waals surface area contributed by atoms with Crippen LogP contribution in [0, 0.1) is 12.1 Å². The van der Waals surface area contributed by atoms with Gasteiger partial charge in [0.15, 0.2) is 11.7 Å². The van der Waals surface area contributed by atoms with E-state index in [9.17, 15) is 36.4 Å². The third-order valence-electron chi connectivity index (χ3n) is 7.12. The maximum absolute atomic E-state index is 13.6. The first-order valence-electron chi connectivity index (χ1n) is 14.8. The summed E-state index contributed by atoms with van der Waals surface area (Å²) in [5, 5.41) is 20.6. The molecule has 17 heteroatoms. The molecule has 1 unspecified atom stereocenters. The van der Waals surface area contributed by atoms with E-state index in [1.807, 2.05) is 11.6 Å². The molecule has 0 radical (unpaired) electrons. The van der Waals surface area contributed by atoms with Crippen molar-refractivity contribution in [1.29, 1.82) is 0 Å². The van der Waals surface area contributed by atoms with Crippen LogP contribution >= 0.6 is 0 Å². The first-order valence-corrected chi connectivity index (χ1v) is 16.3. The number of benzene rings is 3. The van der Waals surface area contributed by atoms with Crippen LogP contribution in [0.25, 0.3) is 16.9 Å². The number of nitrogens with zero attached hydrogens (tertiary/aromatic N) is 5. The number of esters is 1. The molecule has 0 fully saturated rings. The van der Waals surface area contributed by atoms with Crippen molar-refractivity contribution in [2.75, 3.05) is 7.05 Å². The van der Waals surface area contributed by atoms with Gasteiger partial charge in [0.1, 0.15) is 0 Å². The average molecular weight is 703 g/mol. The fourth-order valence-corrected chi connectivity index (χ4v) is 5.49. The highest BCUT2D eigenvalue weighted by molar-refractivity contribution is 7.90. The molecule has 4 rings (SSSR count). The molecule has 1 heterocycles. The fraction of sp³-hybridized carbons (Fsp3) is 0.281. The summed E-state index contributed by atoms with van der Waals surface area (Å²) in [6.45, 7) is 4.71. The normalized spacial score (nSPS) is 13.3. The number of nitrogens with one attached hydrogen (secondary N) is 1. The summed E-state index contributed by atoms with van der Waals surface area (Å²) in [4.78, 5) is 29.3. The molecule has 260 valence electrons. The van der Waals surface area contributed by atoms with Crippen LogP contribution in [-0.4, -0.2) is 59.4 Å². The van der Waals surface area contributed by atoms with Gasteiger partial charge in [0.05, 0.1) is 28.3 Å². The van der Waals surface area contributed by atoms with E-state index in [2.05, 4.69) is 10.4 Å². The van der Waals surface area contributed by atoms with Crippen LogP contribution < -0.4 is 4.72 Å². The standard InChI is InChI=1S/C32H33F3N6O7S/c1-5-30(42)47-22(3)48-38-41(44)39(4)28(19-23-9-7-6-8-10-23)31(43)37-49(45,46)26-17-15-25(16-18-26)40-27(20-29(36-40)32(33,34)35)24-13-11-21(2)12-14-24/h6-18,20,22,28H,5,19H2,1-4H3,(H,37,43)/b41-38+/t22?,28-/m0/s1. The Morgan fingerprint density at radius 3 is 2.29 bits per heavy atom. The summed E-state index contributed by atoms with van der Waals surface area (Å²) >= 11 is 0. The zero-order valence-electron chi connectivity index (χ0n) is 26.8. The lowest BCUT2D eigenvalue weighted by atomic mass is 10.1. The summed E-state index contributed by atoms with van der Waals surface area (Å²) in [5.74, 6) is -1.70. The smallest absolute Gasteiger partial charge is 0.435 e. The average Bonchev–Trinajstić information content (AvgIpc) is 3.53. The molecule has 2 atom stereocenters. The molecule has 0 aliphatic rings. The number of alkyl halides is 3. The number of aryl methyl sites for hydroxylation is 1. The number of hydrogen-bond donors (Lipinski definition) is 1. The number of carbonyl (C=O) groups excluding carboxylic acids is 2. The number of rotatable bonds is 13. The molecular formula is C32H33F3N6O7S. The van der Waals surface area contributed by atoms with E-state index in [1.54, 1.807) is 61.5 Å². The zero-order valence-corrected chi connectivity index (χ0v) is 27.6. The Bertz CT molecular complexity index is 1900. The highest BCUT2D eigenvalue weighted by Crippen LogP contribution is 2.33. The summed E-state index contributed by atoms with van der Waals surface area (Å²) in [7, 11) is -3.38. The SMILES string of the molecule is CCC(=O)OC(C)O/N=[N+](/[O-])N(C)[C@@H](Cc1ccccc1)C(=O)NS(=O)(=O)c1ccc(-n2nc(C(F)(F)F)cc2-c2ccc(C)cc2)cc1. The van der Waals surface area contributed by atoms with E-state index in [1.165, 1.54) is 26.1 Å². The van der Waals surface area contributed by atoms with Gasteiger partial charge in [-0.2, -0.15) is 18.3 Å². The molecule has 0 spiro atoms. The summed E-state index contributed by atoms with van der Waals surface area (Å²) in [5.41, 5.74) is 1.04. The summed E-state index contributed by atoms with van der Waals surface area (Å²) in [6, 6.07) is 19.4. The number of hydrazine groups is 1. The minimum atomic E-state index is -4.74. The van der Waals surface area contributed by atoms with Gasteiger partial charge in [-0.25, -0.2) is 17.8 Å². The molecule has 49 heavy (non-hydrogen) atoms. The van der Waals surface area contributed by atoms with Crippen LogP contribution in [-0.2, 0) is 41.8 Å². The van der Waals surface area contributed by atoms with Gasteiger partial charge in [0.2, 0.25) is 5.28 Å². The number of amides is 1. The van der Waals surface area contributed by atoms with E-state index >= 15 is 0 Å². The van der Waals surface area contributed by atoms with Crippen molar-refractivity contribution >= 4 is 21.9 Å².